The Morgan fingerprint density at radius 2 is 2.19 bits per heavy atom. The number of amides is 1. The molecular weight excluding hydrogens is 333 g/mol. The van der Waals surface area contributed by atoms with Crippen molar-refractivity contribution in [1.29, 1.82) is 0 Å². The molecule has 2 aliphatic rings. The minimum Gasteiger partial charge on any atom is -0.367 e. The summed E-state index contributed by atoms with van der Waals surface area (Å²) < 4.78 is 15.4. The first-order valence-corrected chi connectivity index (χ1v) is 9.15. The van der Waals surface area contributed by atoms with E-state index in [4.69, 9.17) is 0 Å². The van der Waals surface area contributed by atoms with Crippen LogP contribution in [0.5, 0.6) is 0 Å². The highest BCUT2D eigenvalue weighted by Crippen LogP contribution is 2.45. The number of likely N-dealkylation sites (tertiary alicyclic amines) is 1. The van der Waals surface area contributed by atoms with E-state index in [0.717, 1.165) is 24.2 Å². The van der Waals surface area contributed by atoms with E-state index >= 15 is 0 Å². The van der Waals surface area contributed by atoms with Crippen molar-refractivity contribution in [2.45, 2.75) is 32.2 Å². The van der Waals surface area contributed by atoms with E-state index < -0.39 is 0 Å². The topological polar surface area (TPSA) is 54.3 Å². The lowest BCUT2D eigenvalue weighted by Gasteiger charge is -2.39. The summed E-state index contributed by atoms with van der Waals surface area (Å²) in [5.74, 6) is 0.500. The number of carbonyl (C=O) groups is 1. The SMILES string of the molecule is CC(C)CN1c2ccc(F)cc2[C@@H]2CN(C(=O)c3ncn(C)n3)CC[C@@H]21. The van der Waals surface area contributed by atoms with Gasteiger partial charge in [0.05, 0.1) is 0 Å². The van der Waals surface area contributed by atoms with Crippen LogP contribution >= 0.6 is 0 Å². The fourth-order valence-corrected chi connectivity index (χ4v) is 4.27. The van der Waals surface area contributed by atoms with E-state index in [1.54, 1.807) is 13.1 Å². The molecular formula is C19H24FN5O. The summed E-state index contributed by atoms with van der Waals surface area (Å²) >= 11 is 0. The first-order valence-electron chi connectivity index (χ1n) is 9.15. The molecule has 6 nitrogen and oxygen atoms in total. The molecule has 0 radical (unpaired) electrons. The average molecular weight is 357 g/mol. The number of piperidine rings is 1. The van der Waals surface area contributed by atoms with Gasteiger partial charge < -0.3 is 9.80 Å². The van der Waals surface area contributed by atoms with Gasteiger partial charge in [0.1, 0.15) is 12.1 Å². The Hall–Kier alpha value is -2.44. The Kier molecular flexibility index (Phi) is 4.17. The second-order valence-corrected chi connectivity index (χ2v) is 7.70. The van der Waals surface area contributed by atoms with Crippen molar-refractivity contribution in [2.75, 3.05) is 24.5 Å². The van der Waals surface area contributed by atoms with Crippen LogP contribution in [0.4, 0.5) is 10.1 Å². The van der Waals surface area contributed by atoms with Crippen LogP contribution in [0.1, 0.15) is 42.4 Å². The first-order chi connectivity index (χ1) is 12.4. The maximum Gasteiger partial charge on any atom is 0.293 e. The minimum atomic E-state index is -0.219. The molecule has 0 bridgehead atoms. The highest BCUT2D eigenvalue weighted by atomic mass is 19.1. The van der Waals surface area contributed by atoms with Gasteiger partial charge in [-0.2, -0.15) is 0 Å². The second kappa shape index (κ2) is 6.37. The van der Waals surface area contributed by atoms with Gasteiger partial charge >= 0.3 is 0 Å². The lowest BCUT2D eigenvalue weighted by atomic mass is 9.89. The number of hydrogen-bond donors (Lipinski definition) is 0. The van der Waals surface area contributed by atoms with Gasteiger partial charge in [-0.15, -0.1) is 5.10 Å². The summed E-state index contributed by atoms with van der Waals surface area (Å²) in [5.41, 5.74) is 2.13. The van der Waals surface area contributed by atoms with Crippen LogP contribution in [-0.4, -0.2) is 51.2 Å². The molecule has 2 aromatic rings. The first kappa shape index (κ1) is 17.0. The van der Waals surface area contributed by atoms with Crippen molar-refractivity contribution >= 4 is 11.6 Å². The van der Waals surface area contributed by atoms with E-state index in [1.807, 2.05) is 11.0 Å². The van der Waals surface area contributed by atoms with Gasteiger partial charge in [0.2, 0.25) is 5.82 Å². The number of hydrogen-bond acceptors (Lipinski definition) is 4. The number of anilines is 1. The van der Waals surface area contributed by atoms with Crippen molar-refractivity contribution in [1.82, 2.24) is 19.7 Å². The molecule has 1 saturated heterocycles. The lowest BCUT2D eigenvalue weighted by Crippen LogP contribution is -2.49. The standard InChI is InChI=1S/C19H24FN5O/c1-12(2)9-25-16-5-4-13(20)8-14(16)15-10-24(7-6-17(15)25)19(26)18-21-11-23(3)22-18/h4-5,8,11-12,15,17H,6-7,9-10H2,1-3H3/t15-,17-/m0/s1. The normalized spacial score (nSPS) is 21.9. The summed E-state index contributed by atoms with van der Waals surface area (Å²) in [6, 6.07) is 5.37. The Labute approximate surface area is 152 Å². The molecule has 3 heterocycles. The molecule has 2 atom stereocenters. The van der Waals surface area contributed by atoms with Crippen molar-refractivity contribution < 1.29 is 9.18 Å². The molecule has 7 heteroatoms. The Balaban J connectivity index is 1.62. The fraction of sp³-hybridized carbons (Fsp3) is 0.526. The molecule has 2 aliphatic heterocycles. The zero-order valence-electron chi connectivity index (χ0n) is 15.4. The molecule has 1 aromatic heterocycles. The van der Waals surface area contributed by atoms with Gasteiger partial charge in [-0.05, 0) is 36.1 Å². The maximum absolute atomic E-state index is 13.9. The summed E-state index contributed by atoms with van der Waals surface area (Å²) in [5, 5.41) is 4.13. The monoisotopic (exact) mass is 357 g/mol. The fourth-order valence-electron chi connectivity index (χ4n) is 4.27. The third kappa shape index (κ3) is 2.85. The third-order valence-electron chi connectivity index (χ3n) is 5.32. The molecule has 0 aliphatic carbocycles. The van der Waals surface area contributed by atoms with E-state index in [0.29, 0.717) is 25.0 Å². The number of benzene rings is 1. The van der Waals surface area contributed by atoms with Crippen LogP contribution in [0.2, 0.25) is 0 Å². The van der Waals surface area contributed by atoms with Crippen LogP contribution in [-0.2, 0) is 7.05 Å². The zero-order chi connectivity index (χ0) is 18.4. The van der Waals surface area contributed by atoms with Gasteiger partial charge in [-0.25, -0.2) is 9.37 Å². The largest absolute Gasteiger partial charge is 0.367 e. The smallest absolute Gasteiger partial charge is 0.293 e. The number of fused-ring (bicyclic) bond motifs is 3. The molecule has 0 spiro atoms. The molecule has 138 valence electrons. The molecule has 0 unspecified atom stereocenters. The summed E-state index contributed by atoms with van der Waals surface area (Å²) in [7, 11) is 1.75. The Bertz CT molecular complexity index is 833. The number of carbonyl (C=O) groups excluding carboxylic acids is 1. The summed E-state index contributed by atoms with van der Waals surface area (Å²) in [6.07, 6.45) is 2.40. The van der Waals surface area contributed by atoms with Gasteiger partial charge in [-0.3, -0.25) is 9.48 Å². The molecule has 1 aromatic carbocycles. The van der Waals surface area contributed by atoms with Crippen LogP contribution in [0.25, 0.3) is 0 Å². The van der Waals surface area contributed by atoms with Crippen LogP contribution in [0.15, 0.2) is 24.5 Å². The highest BCUT2D eigenvalue weighted by Gasteiger charge is 2.43. The summed E-state index contributed by atoms with van der Waals surface area (Å²) in [6.45, 7) is 6.58. The van der Waals surface area contributed by atoms with Crippen molar-refractivity contribution in [3.63, 3.8) is 0 Å². The molecule has 1 fully saturated rings. The van der Waals surface area contributed by atoms with E-state index in [2.05, 4.69) is 28.8 Å². The van der Waals surface area contributed by atoms with Crippen LogP contribution in [0, 0.1) is 11.7 Å². The number of rotatable bonds is 3. The predicted octanol–water partition coefficient (Wildman–Crippen LogP) is 2.43. The predicted molar refractivity (Wildman–Crippen MR) is 96.6 cm³/mol. The molecule has 0 saturated carbocycles. The van der Waals surface area contributed by atoms with Crippen LogP contribution in [0.3, 0.4) is 0 Å². The van der Waals surface area contributed by atoms with Crippen molar-refractivity contribution in [3.05, 3.63) is 41.7 Å². The third-order valence-corrected chi connectivity index (χ3v) is 5.32. The van der Waals surface area contributed by atoms with Crippen molar-refractivity contribution in [2.24, 2.45) is 13.0 Å². The van der Waals surface area contributed by atoms with E-state index in [9.17, 15) is 9.18 Å². The number of halogens is 1. The highest BCUT2D eigenvalue weighted by molar-refractivity contribution is 5.90. The molecule has 1 amide bonds. The number of aromatic nitrogens is 3. The van der Waals surface area contributed by atoms with E-state index in [-0.39, 0.29) is 23.5 Å². The van der Waals surface area contributed by atoms with Gasteiger partial charge in [0.15, 0.2) is 0 Å². The van der Waals surface area contributed by atoms with E-state index in [1.165, 1.54) is 17.1 Å². The van der Waals surface area contributed by atoms with Crippen LogP contribution < -0.4 is 4.90 Å². The molecule has 26 heavy (non-hydrogen) atoms. The molecule has 4 rings (SSSR count). The lowest BCUT2D eigenvalue weighted by molar-refractivity contribution is 0.0683. The quantitative estimate of drug-likeness (QED) is 0.847. The van der Waals surface area contributed by atoms with Crippen molar-refractivity contribution in [3.8, 4) is 0 Å². The zero-order valence-corrected chi connectivity index (χ0v) is 15.4. The van der Waals surface area contributed by atoms with Gasteiger partial charge in [0, 0.05) is 44.3 Å². The number of aryl methyl sites for hydroxylation is 1. The second-order valence-electron chi connectivity index (χ2n) is 7.70. The number of nitrogens with zero attached hydrogens (tertiary/aromatic N) is 5. The maximum atomic E-state index is 13.9. The Morgan fingerprint density at radius 3 is 2.88 bits per heavy atom. The van der Waals surface area contributed by atoms with Gasteiger partial charge in [0.25, 0.3) is 5.91 Å². The average Bonchev–Trinajstić information content (AvgIpc) is 3.16. The molecule has 0 N–H and O–H groups in total. The minimum absolute atomic E-state index is 0.126. The summed E-state index contributed by atoms with van der Waals surface area (Å²) in [4.78, 5) is 21.0. The Morgan fingerprint density at radius 1 is 1.38 bits per heavy atom. The van der Waals surface area contributed by atoms with Gasteiger partial charge in [-0.1, -0.05) is 13.8 Å².